The van der Waals surface area contributed by atoms with E-state index >= 15 is 0 Å². The molecule has 68 heavy (non-hydrogen) atoms. The highest BCUT2D eigenvalue weighted by Gasteiger charge is 2.68. The molecule has 20 atom stereocenters. The van der Waals surface area contributed by atoms with E-state index in [0.717, 1.165) is 64.2 Å². The lowest BCUT2D eigenvalue weighted by Crippen LogP contribution is -2.62. The fourth-order valence-corrected chi connectivity index (χ4v) is 20.5. The molecule has 14 heteroatoms. The zero-order chi connectivity index (χ0) is 49.6. The molecule has 0 aromatic heterocycles. The second-order valence-corrected chi connectivity index (χ2v) is 30.0. The third-order valence-corrected chi connectivity index (χ3v) is 25.4. The third kappa shape index (κ3) is 9.56. The van der Waals surface area contributed by atoms with Gasteiger partial charge in [-0.3, -0.25) is 18.7 Å². The molecule has 0 saturated heterocycles. The van der Waals surface area contributed by atoms with Gasteiger partial charge in [-0.25, -0.2) is 0 Å². The Labute approximate surface area is 410 Å². The highest BCUT2D eigenvalue weighted by atomic mass is 32.2. The summed E-state index contributed by atoms with van der Waals surface area (Å²) in [7, 11) is -8.22. The number of rotatable bonds is 15. The first-order valence-electron chi connectivity index (χ1n) is 27.4. The topological polar surface area (TPSA) is 207 Å². The van der Waals surface area contributed by atoms with Crippen molar-refractivity contribution in [3.63, 3.8) is 0 Å². The second-order valence-electron chi connectivity index (χ2n) is 26.9. The van der Waals surface area contributed by atoms with Crippen LogP contribution in [0.25, 0.3) is 0 Å². The molecule has 0 aromatic rings. The Morgan fingerprint density at radius 1 is 0.529 bits per heavy atom. The van der Waals surface area contributed by atoms with Gasteiger partial charge in [0.1, 0.15) is 0 Å². The van der Waals surface area contributed by atoms with E-state index in [-0.39, 0.29) is 69.6 Å². The molecule has 8 fully saturated rings. The molecule has 0 aliphatic heterocycles. The summed E-state index contributed by atoms with van der Waals surface area (Å²) in [5, 5.41) is 30.1. The Bertz CT molecular complexity index is 1960. The molecule has 8 rings (SSSR count). The minimum atomic E-state index is -4.11. The van der Waals surface area contributed by atoms with E-state index in [4.69, 9.17) is 9.11 Å². The Balaban J connectivity index is 0.882. The summed E-state index contributed by atoms with van der Waals surface area (Å²) in [6.45, 7) is 19.8. The second kappa shape index (κ2) is 18.9. The van der Waals surface area contributed by atoms with Crippen molar-refractivity contribution in [1.29, 1.82) is 0 Å². The molecule has 0 heterocycles. The molecule has 6 N–H and O–H groups in total. The first-order chi connectivity index (χ1) is 31.6. The lowest BCUT2D eigenvalue weighted by molar-refractivity contribution is -0.210. The highest BCUT2D eigenvalue weighted by Crippen LogP contribution is 2.75. The van der Waals surface area contributed by atoms with E-state index in [1.807, 2.05) is 0 Å². The monoisotopic (exact) mass is 993 g/mol. The lowest BCUT2D eigenvalue weighted by atomic mass is 9.37. The van der Waals surface area contributed by atoms with Crippen LogP contribution in [0, 0.1) is 104 Å². The van der Waals surface area contributed by atoms with E-state index in [0.29, 0.717) is 83.9 Å². The van der Waals surface area contributed by atoms with E-state index in [1.165, 1.54) is 51.4 Å². The van der Waals surface area contributed by atoms with Crippen LogP contribution >= 0.6 is 0 Å². The standard InChI is InChI=1S/C54H92N2O10S2/c1-33(9-15-45(59)55-25-27-67(61,62)63)37-11-13-39-47-41(17-19-53(37,39)7)51(5)23-21-49(3,31-35(51)29-43(47)57)50(4)22-24-52(6)36(32-50)30-44(58)48-40-14-12-38(54(40,8)20-18-42(48)52)34(2)10-16-46(60)56-26-28-68(64,65)66/h33-44,47-48,57-58H,9-32H2,1-8H3,(H,55,59)(H,56,60)(H,61,62,63)(H,64,65,66)/t33-,34+,35?,36?,37-,38-,39+,40+,41+,42+,43+,44+,47+,48+,49?,50?,51+,52+,53-,54-/m1/s1. The first-order valence-corrected chi connectivity index (χ1v) is 30.6. The largest absolute Gasteiger partial charge is 0.393 e. The lowest BCUT2D eigenvalue weighted by Gasteiger charge is -2.68. The summed E-state index contributed by atoms with van der Waals surface area (Å²) in [6.07, 6.45) is 19.9. The number of carbonyl (C=O) groups is 2. The quantitative estimate of drug-likeness (QED) is 0.0858. The van der Waals surface area contributed by atoms with Crippen molar-refractivity contribution < 1.29 is 45.7 Å². The van der Waals surface area contributed by atoms with Gasteiger partial charge < -0.3 is 20.8 Å². The average molecular weight is 993 g/mol. The third-order valence-electron chi connectivity index (χ3n) is 24.0. The molecule has 8 aliphatic rings. The number of hydrogen-bond donors (Lipinski definition) is 6. The summed E-state index contributed by atoms with van der Waals surface area (Å²) in [4.78, 5) is 25.2. The van der Waals surface area contributed by atoms with Gasteiger partial charge in [0.2, 0.25) is 11.8 Å². The molecule has 8 saturated carbocycles. The SMILES string of the molecule is C[C@H](CCC(=O)NCCS(=O)(=O)O)[C@H]1CC[C@H]2[C@@H]3[C@@H](O)CC4CC(C)(C5(C)CC[C@@]6(C)C(C[C@H](O)[C@H]7[C@@H]8CC[C@H]([C@@H](C)CCC(=O)NCCS(=O)(=O)O)[C@@]8(C)CC[C@@H]76)C5)CC[C@]4(C)[C@H]3CC[C@]12C. The van der Waals surface area contributed by atoms with Gasteiger partial charge >= 0.3 is 0 Å². The number of fused-ring (bicyclic) bond motifs is 10. The zero-order valence-electron chi connectivity index (χ0n) is 43.1. The van der Waals surface area contributed by atoms with Crippen molar-refractivity contribution in [2.45, 2.75) is 196 Å². The zero-order valence-corrected chi connectivity index (χ0v) is 44.7. The van der Waals surface area contributed by atoms with E-state index in [9.17, 15) is 36.6 Å². The summed E-state index contributed by atoms with van der Waals surface area (Å²) < 4.78 is 62.5. The van der Waals surface area contributed by atoms with Gasteiger partial charge in [-0.2, -0.15) is 16.8 Å². The minimum absolute atomic E-state index is 0.0781. The van der Waals surface area contributed by atoms with Gasteiger partial charge in [-0.1, -0.05) is 55.4 Å². The Morgan fingerprint density at radius 2 is 0.882 bits per heavy atom. The van der Waals surface area contributed by atoms with Crippen LogP contribution < -0.4 is 10.6 Å². The average Bonchev–Trinajstić information content (AvgIpc) is 3.79. The fraction of sp³-hybridized carbons (Fsp3) is 0.963. The van der Waals surface area contributed by atoms with Gasteiger partial charge in [-0.05, 0) is 219 Å². The van der Waals surface area contributed by atoms with Crippen molar-refractivity contribution in [3.05, 3.63) is 0 Å². The van der Waals surface area contributed by atoms with Crippen molar-refractivity contribution in [1.82, 2.24) is 10.6 Å². The molecular weight excluding hydrogens is 901 g/mol. The van der Waals surface area contributed by atoms with Crippen LogP contribution in [0.2, 0.25) is 0 Å². The van der Waals surface area contributed by atoms with Gasteiger partial charge in [-0.15, -0.1) is 0 Å². The molecule has 0 spiro atoms. The van der Waals surface area contributed by atoms with Gasteiger partial charge in [0, 0.05) is 25.9 Å². The van der Waals surface area contributed by atoms with Gasteiger partial charge in [0.05, 0.1) is 23.7 Å². The molecule has 390 valence electrons. The number of nitrogens with one attached hydrogen (secondary N) is 2. The van der Waals surface area contributed by atoms with Gasteiger partial charge in [0.15, 0.2) is 0 Å². The minimum Gasteiger partial charge on any atom is -0.393 e. The molecule has 2 amide bonds. The number of amides is 2. The summed E-state index contributed by atoms with van der Waals surface area (Å²) >= 11 is 0. The smallest absolute Gasteiger partial charge is 0.266 e. The normalized spacial score (nSPS) is 47.5. The number of aliphatic hydroxyl groups is 2. The fourth-order valence-electron chi connectivity index (χ4n) is 19.8. The van der Waals surface area contributed by atoms with Crippen LogP contribution in [0.5, 0.6) is 0 Å². The molecule has 0 aromatic carbocycles. The predicted octanol–water partition coefficient (Wildman–Crippen LogP) is 9.10. The van der Waals surface area contributed by atoms with Crippen LogP contribution in [0.4, 0.5) is 0 Å². The van der Waals surface area contributed by atoms with E-state index in [2.05, 4.69) is 66.0 Å². The van der Waals surface area contributed by atoms with Crippen molar-refractivity contribution >= 4 is 32.1 Å². The van der Waals surface area contributed by atoms with Crippen molar-refractivity contribution in [2.24, 2.45) is 104 Å². The summed E-state index contributed by atoms with van der Waals surface area (Å²) in [5.74, 6) is 4.03. The molecule has 0 radical (unpaired) electrons. The van der Waals surface area contributed by atoms with Crippen LogP contribution in [0.15, 0.2) is 0 Å². The van der Waals surface area contributed by atoms with Crippen molar-refractivity contribution in [2.75, 3.05) is 24.6 Å². The van der Waals surface area contributed by atoms with Crippen molar-refractivity contribution in [3.8, 4) is 0 Å². The van der Waals surface area contributed by atoms with Crippen LogP contribution in [0.1, 0.15) is 184 Å². The highest BCUT2D eigenvalue weighted by molar-refractivity contribution is 7.86. The number of carbonyl (C=O) groups excluding carboxylic acids is 2. The molecule has 8 aliphatic carbocycles. The van der Waals surface area contributed by atoms with Crippen LogP contribution in [-0.2, 0) is 29.8 Å². The summed E-state index contributed by atoms with van der Waals surface area (Å²) in [6, 6.07) is 0. The number of aliphatic hydroxyl groups excluding tert-OH is 2. The Kier molecular flexibility index (Phi) is 14.7. The Hall–Kier alpha value is -1.32. The Morgan fingerprint density at radius 3 is 1.24 bits per heavy atom. The maximum atomic E-state index is 12.6. The maximum absolute atomic E-state index is 12.6. The van der Waals surface area contributed by atoms with Gasteiger partial charge in [0.25, 0.3) is 20.2 Å². The first kappa shape index (κ1) is 53.0. The predicted molar refractivity (Wildman–Crippen MR) is 265 cm³/mol. The van der Waals surface area contributed by atoms with Crippen LogP contribution in [0.3, 0.4) is 0 Å². The van der Waals surface area contributed by atoms with Crippen LogP contribution in [-0.4, -0.2) is 84.8 Å². The summed E-state index contributed by atoms with van der Waals surface area (Å²) in [5.41, 5.74) is 1.05. The molecule has 0 bridgehead atoms. The maximum Gasteiger partial charge on any atom is 0.266 e. The van der Waals surface area contributed by atoms with E-state index < -0.39 is 31.7 Å². The van der Waals surface area contributed by atoms with E-state index in [1.54, 1.807) is 0 Å². The number of hydrogen-bond acceptors (Lipinski definition) is 8. The molecule has 4 unspecified atom stereocenters. The molecular formula is C54H92N2O10S2. The molecule has 12 nitrogen and oxygen atoms in total.